The van der Waals surface area contributed by atoms with Crippen molar-refractivity contribution < 1.29 is 47.7 Å². The van der Waals surface area contributed by atoms with Gasteiger partial charge in [-0.1, -0.05) is 124 Å². The highest BCUT2D eigenvalue weighted by molar-refractivity contribution is 5.94. The van der Waals surface area contributed by atoms with Crippen LogP contribution in [0.2, 0.25) is 0 Å². The lowest BCUT2D eigenvalue weighted by molar-refractivity contribution is -0.161. The molecule has 0 aromatic rings. The molecular formula is C49H87NO10. The van der Waals surface area contributed by atoms with Crippen LogP contribution in [0.3, 0.4) is 0 Å². The van der Waals surface area contributed by atoms with E-state index in [9.17, 15) is 28.8 Å². The van der Waals surface area contributed by atoms with Crippen molar-refractivity contribution in [1.82, 2.24) is 4.90 Å². The molecule has 4 unspecified atom stereocenters. The molecule has 1 rings (SSSR count). The van der Waals surface area contributed by atoms with Crippen LogP contribution in [0.15, 0.2) is 0 Å². The van der Waals surface area contributed by atoms with Gasteiger partial charge in [0.1, 0.15) is 25.4 Å². The molecule has 1 saturated heterocycles. The molecule has 11 nitrogen and oxygen atoms in total. The molecule has 1 heterocycles. The van der Waals surface area contributed by atoms with Crippen molar-refractivity contribution in [1.29, 1.82) is 0 Å². The number of hydrogen-bond donors (Lipinski definition) is 0. The minimum absolute atomic E-state index is 0.0935. The van der Waals surface area contributed by atoms with Gasteiger partial charge in [0.15, 0.2) is 0 Å². The Hall–Kier alpha value is -2.98. The van der Waals surface area contributed by atoms with Crippen molar-refractivity contribution >= 4 is 35.6 Å². The van der Waals surface area contributed by atoms with Gasteiger partial charge in [-0.3, -0.25) is 28.8 Å². The number of ketones is 1. The summed E-state index contributed by atoms with van der Waals surface area (Å²) >= 11 is 0. The maximum atomic E-state index is 13.6. The number of Topliss-reactive ketones (excluding diaryl/α,β-unsaturated/α-hetero) is 1. The highest BCUT2D eigenvalue weighted by atomic mass is 16.6. The van der Waals surface area contributed by atoms with Crippen LogP contribution in [0.25, 0.3) is 0 Å². The van der Waals surface area contributed by atoms with E-state index < -0.39 is 11.4 Å². The van der Waals surface area contributed by atoms with Crippen LogP contribution in [0.5, 0.6) is 0 Å². The van der Waals surface area contributed by atoms with Gasteiger partial charge in [-0.2, -0.15) is 0 Å². The molecular weight excluding hydrogens is 763 g/mol. The van der Waals surface area contributed by atoms with Gasteiger partial charge in [-0.05, 0) is 84.5 Å². The number of hydrogen-bond acceptors (Lipinski definition) is 10. The number of unbranched alkanes of at least 4 members (excludes halogenated alkanes) is 12. The van der Waals surface area contributed by atoms with Gasteiger partial charge in [0, 0.05) is 19.0 Å². The summed E-state index contributed by atoms with van der Waals surface area (Å²) in [5.41, 5.74) is -0.782. The summed E-state index contributed by atoms with van der Waals surface area (Å²) in [5.74, 6) is -2.09. The van der Waals surface area contributed by atoms with Crippen LogP contribution in [0.4, 0.5) is 0 Å². The smallest absolute Gasteiger partial charge is 0.313 e. The predicted molar refractivity (Wildman–Crippen MR) is 237 cm³/mol. The molecule has 0 saturated carbocycles. The summed E-state index contributed by atoms with van der Waals surface area (Å²) in [6.07, 6.45) is 24.5. The van der Waals surface area contributed by atoms with Crippen LogP contribution in [-0.2, 0) is 47.7 Å². The molecule has 60 heavy (non-hydrogen) atoms. The Morgan fingerprint density at radius 3 is 1.55 bits per heavy atom. The van der Waals surface area contributed by atoms with Crippen molar-refractivity contribution in [2.24, 2.45) is 17.3 Å². The van der Waals surface area contributed by atoms with Crippen molar-refractivity contribution in [3.05, 3.63) is 0 Å². The number of carbonyl (C=O) groups excluding carboxylic acids is 6. The molecule has 4 atom stereocenters. The van der Waals surface area contributed by atoms with Crippen LogP contribution in [0, 0.1) is 17.3 Å². The van der Waals surface area contributed by atoms with Gasteiger partial charge < -0.3 is 23.8 Å². The number of rotatable bonds is 39. The lowest BCUT2D eigenvalue weighted by Crippen LogP contribution is -2.35. The zero-order valence-electron chi connectivity index (χ0n) is 39.1. The number of ether oxygens (including phenoxy) is 4. The summed E-state index contributed by atoms with van der Waals surface area (Å²) in [6.45, 7) is 13.1. The lowest BCUT2D eigenvalue weighted by Gasteiger charge is -2.27. The van der Waals surface area contributed by atoms with E-state index in [2.05, 4.69) is 20.8 Å². The average molecular weight is 850 g/mol. The number of carbonyl (C=O) groups is 6. The molecule has 348 valence electrons. The van der Waals surface area contributed by atoms with E-state index in [4.69, 9.17) is 18.9 Å². The van der Waals surface area contributed by atoms with E-state index in [-0.39, 0.29) is 67.1 Å². The van der Waals surface area contributed by atoms with E-state index in [0.29, 0.717) is 71.0 Å². The second kappa shape index (κ2) is 34.6. The van der Waals surface area contributed by atoms with Crippen LogP contribution in [0.1, 0.15) is 221 Å². The number of esters is 4. The topological polar surface area (TPSA) is 143 Å². The zero-order chi connectivity index (χ0) is 44.4. The standard InChI is InChI=1S/C49H87NO10/c1-7-11-13-15-17-18-20-22-36-59-47(55)42(30-25-33-49(6,10-4)48(56)60-38-37-57-45(53)39-40(5)51)28-23-27-41(46(54)58-35-21-19-16-14-12-8-2)29-24-31-43(9-3)50-34-26-32-44(50)52/h41-43H,7-39H2,1-6H3. The van der Waals surface area contributed by atoms with E-state index in [0.717, 1.165) is 70.8 Å². The molecule has 0 radical (unpaired) electrons. The number of amides is 1. The Labute approximate surface area is 364 Å². The number of nitrogens with zero attached hydrogens (tertiary/aromatic N) is 1. The molecule has 1 aliphatic heterocycles. The molecule has 0 bridgehead atoms. The first kappa shape index (κ1) is 55.0. The molecule has 1 fully saturated rings. The van der Waals surface area contributed by atoms with Gasteiger partial charge in [-0.15, -0.1) is 0 Å². The monoisotopic (exact) mass is 850 g/mol. The first-order valence-electron chi connectivity index (χ1n) is 24.4. The fraction of sp³-hybridized carbons (Fsp3) is 0.878. The van der Waals surface area contributed by atoms with Gasteiger partial charge in [0.05, 0.1) is 30.5 Å². The van der Waals surface area contributed by atoms with Crippen molar-refractivity contribution in [3.8, 4) is 0 Å². The highest BCUT2D eigenvalue weighted by Gasteiger charge is 2.34. The molecule has 0 aromatic heterocycles. The van der Waals surface area contributed by atoms with Crippen LogP contribution in [-0.4, -0.2) is 79.5 Å². The normalized spacial score (nSPS) is 15.2. The molecule has 0 aromatic carbocycles. The minimum atomic E-state index is -0.782. The summed E-state index contributed by atoms with van der Waals surface area (Å²) in [5, 5.41) is 0. The lowest BCUT2D eigenvalue weighted by atomic mass is 9.81. The first-order chi connectivity index (χ1) is 28.9. The van der Waals surface area contributed by atoms with Crippen LogP contribution >= 0.6 is 0 Å². The third-order valence-corrected chi connectivity index (χ3v) is 12.4. The van der Waals surface area contributed by atoms with E-state index in [1.165, 1.54) is 58.3 Å². The summed E-state index contributed by atoms with van der Waals surface area (Å²) < 4.78 is 22.2. The Morgan fingerprint density at radius 1 is 0.600 bits per heavy atom. The van der Waals surface area contributed by atoms with Gasteiger partial charge in [0.25, 0.3) is 0 Å². The van der Waals surface area contributed by atoms with E-state index in [1.807, 2.05) is 18.7 Å². The largest absolute Gasteiger partial charge is 0.465 e. The third-order valence-electron chi connectivity index (χ3n) is 12.4. The molecule has 0 aliphatic carbocycles. The second-order valence-corrected chi connectivity index (χ2v) is 17.6. The molecule has 1 amide bonds. The molecule has 0 spiro atoms. The summed E-state index contributed by atoms with van der Waals surface area (Å²) in [7, 11) is 0. The highest BCUT2D eigenvalue weighted by Crippen LogP contribution is 2.32. The Kier molecular flexibility index (Phi) is 31.7. The maximum absolute atomic E-state index is 13.6. The van der Waals surface area contributed by atoms with E-state index in [1.54, 1.807) is 0 Å². The maximum Gasteiger partial charge on any atom is 0.313 e. The van der Waals surface area contributed by atoms with Gasteiger partial charge in [-0.25, -0.2) is 0 Å². The average Bonchev–Trinajstić information content (AvgIpc) is 3.66. The Balaban J connectivity index is 2.91. The fourth-order valence-corrected chi connectivity index (χ4v) is 8.19. The number of likely N-dealkylation sites (tertiary alicyclic amines) is 1. The van der Waals surface area contributed by atoms with Crippen molar-refractivity contribution in [2.45, 2.75) is 227 Å². The Bertz CT molecular complexity index is 1210. The molecule has 1 aliphatic rings. The van der Waals surface area contributed by atoms with Gasteiger partial charge in [0.2, 0.25) is 5.91 Å². The quantitative estimate of drug-likeness (QED) is 0.0254. The summed E-state index contributed by atoms with van der Waals surface area (Å²) in [4.78, 5) is 77.6. The molecule has 11 heteroatoms. The minimum Gasteiger partial charge on any atom is -0.465 e. The zero-order valence-corrected chi connectivity index (χ0v) is 39.1. The second-order valence-electron chi connectivity index (χ2n) is 17.6. The predicted octanol–water partition coefficient (Wildman–Crippen LogP) is 11.2. The first-order valence-corrected chi connectivity index (χ1v) is 24.4. The van der Waals surface area contributed by atoms with Crippen LogP contribution < -0.4 is 0 Å². The Morgan fingerprint density at radius 2 is 1.08 bits per heavy atom. The fourth-order valence-electron chi connectivity index (χ4n) is 8.19. The third kappa shape index (κ3) is 25.1. The van der Waals surface area contributed by atoms with E-state index >= 15 is 0 Å². The SMILES string of the molecule is CCCCCCCCCCOC(=O)C(CCCC(CCCC(CC)N1CCCC1=O)C(=O)OCCCCCCCC)CCCC(C)(CC)C(=O)OCCOC(=O)CC(C)=O. The van der Waals surface area contributed by atoms with Crippen molar-refractivity contribution in [2.75, 3.05) is 33.0 Å². The van der Waals surface area contributed by atoms with Crippen molar-refractivity contribution in [3.63, 3.8) is 0 Å². The summed E-state index contributed by atoms with van der Waals surface area (Å²) in [6, 6.07) is 0.196. The molecule has 0 N–H and O–H groups in total. The van der Waals surface area contributed by atoms with Gasteiger partial charge >= 0.3 is 23.9 Å².